The minimum atomic E-state index is -1.07. The minimum Gasteiger partial charge on any atom is -0.394 e. The molecule has 1 heterocycles. The molecule has 0 fully saturated rings. The molecule has 0 spiro atoms. The zero-order valence-electron chi connectivity index (χ0n) is 11.6. The van der Waals surface area contributed by atoms with E-state index in [1.807, 2.05) is 0 Å². The first-order valence-electron chi connectivity index (χ1n) is 6.44. The summed E-state index contributed by atoms with van der Waals surface area (Å²) in [5.74, 6) is -1.22. The van der Waals surface area contributed by atoms with E-state index in [2.05, 4.69) is 20.6 Å². The molecule has 1 rings (SSSR count). The van der Waals surface area contributed by atoms with E-state index in [1.165, 1.54) is 0 Å². The fourth-order valence-corrected chi connectivity index (χ4v) is 1.29. The highest BCUT2D eigenvalue weighted by Gasteiger charge is 2.13. The molecular formula is C12H18N4O6. The van der Waals surface area contributed by atoms with Gasteiger partial charge in [0.05, 0.1) is 37.8 Å². The summed E-state index contributed by atoms with van der Waals surface area (Å²) in [4.78, 5) is 30.8. The first-order chi connectivity index (χ1) is 10.5. The maximum Gasteiger partial charge on any atom is 0.271 e. The van der Waals surface area contributed by atoms with E-state index in [0.717, 1.165) is 12.4 Å². The number of carbonyl (C=O) groups excluding carboxylic acids is 2. The van der Waals surface area contributed by atoms with E-state index < -0.39 is 37.2 Å². The van der Waals surface area contributed by atoms with Crippen molar-refractivity contribution in [1.82, 2.24) is 20.6 Å². The van der Waals surface area contributed by atoms with Crippen molar-refractivity contribution in [2.45, 2.75) is 12.2 Å². The fraction of sp³-hybridized carbons (Fsp3) is 0.500. The van der Waals surface area contributed by atoms with Crippen molar-refractivity contribution < 1.29 is 30.0 Å². The molecule has 0 aliphatic rings. The van der Waals surface area contributed by atoms with Crippen LogP contribution in [-0.4, -0.2) is 80.7 Å². The standard InChI is InChI=1S/C12H18N4O6/c17-5-7(19)1-15-11(21)9-3-14-10(4-13-9)12(22)16-2-8(20)6-18/h3-4,7-8,17-20H,1-2,5-6H2,(H,15,21)(H,16,22). The monoisotopic (exact) mass is 314 g/mol. The number of carbonyl (C=O) groups is 2. The van der Waals surface area contributed by atoms with Crippen molar-refractivity contribution in [1.29, 1.82) is 0 Å². The Balaban J connectivity index is 2.55. The third kappa shape index (κ3) is 5.69. The summed E-state index contributed by atoms with van der Waals surface area (Å²) in [6, 6.07) is 0. The number of aromatic nitrogens is 2. The highest BCUT2D eigenvalue weighted by Crippen LogP contribution is 1.96. The lowest BCUT2D eigenvalue weighted by Gasteiger charge is -2.09. The number of hydrogen-bond acceptors (Lipinski definition) is 8. The van der Waals surface area contributed by atoms with Gasteiger partial charge in [-0.1, -0.05) is 0 Å². The summed E-state index contributed by atoms with van der Waals surface area (Å²) in [7, 11) is 0. The molecule has 0 saturated heterocycles. The summed E-state index contributed by atoms with van der Waals surface area (Å²) in [6.45, 7) is -1.24. The Morgan fingerprint density at radius 1 is 0.909 bits per heavy atom. The number of hydrogen-bond donors (Lipinski definition) is 6. The SMILES string of the molecule is O=C(NCC(O)CO)c1cnc(C(=O)NCC(O)CO)cn1. The van der Waals surface area contributed by atoms with Crippen molar-refractivity contribution in [3.8, 4) is 0 Å². The van der Waals surface area contributed by atoms with Crippen LogP contribution in [0.15, 0.2) is 12.4 Å². The van der Waals surface area contributed by atoms with Crippen molar-refractivity contribution in [2.75, 3.05) is 26.3 Å². The van der Waals surface area contributed by atoms with Crippen LogP contribution in [0.4, 0.5) is 0 Å². The number of nitrogens with one attached hydrogen (secondary N) is 2. The molecule has 10 heteroatoms. The summed E-state index contributed by atoms with van der Waals surface area (Å²) >= 11 is 0. The number of aliphatic hydroxyl groups is 4. The number of aliphatic hydroxyl groups excluding tert-OH is 4. The Bertz CT molecular complexity index is 450. The molecule has 0 saturated carbocycles. The smallest absolute Gasteiger partial charge is 0.271 e. The van der Waals surface area contributed by atoms with Crippen LogP contribution in [0.25, 0.3) is 0 Å². The molecule has 0 bridgehead atoms. The van der Waals surface area contributed by atoms with Crippen LogP contribution in [0.3, 0.4) is 0 Å². The Hall–Kier alpha value is -2.14. The van der Waals surface area contributed by atoms with E-state index in [9.17, 15) is 9.59 Å². The summed E-state index contributed by atoms with van der Waals surface area (Å²) < 4.78 is 0. The van der Waals surface area contributed by atoms with Gasteiger partial charge in [-0.05, 0) is 0 Å². The van der Waals surface area contributed by atoms with Gasteiger partial charge in [0.25, 0.3) is 11.8 Å². The van der Waals surface area contributed by atoms with Crippen molar-refractivity contribution in [2.24, 2.45) is 0 Å². The Morgan fingerprint density at radius 3 is 1.55 bits per heavy atom. The van der Waals surface area contributed by atoms with Crippen LogP contribution in [0, 0.1) is 0 Å². The van der Waals surface area contributed by atoms with Gasteiger partial charge in [-0.25, -0.2) is 9.97 Å². The molecule has 1 aromatic rings. The van der Waals surface area contributed by atoms with E-state index in [-0.39, 0.29) is 24.5 Å². The number of rotatable bonds is 8. The zero-order chi connectivity index (χ0) is 16.5. The van der Waals surface area contributed by atoms with Crippen molar-refractivity contribution >= 4 is 11.8 Å². The third-order valence-electron chi connectivity index (χ3n) is 2.54. The number of nitrogens with zero attached hydrogens (tertiary/aromatic N) is 2. The summed E-state index contributed by atoms with van der Waals surface area (Å²) in [6.07, 6.45) is 0.0237. The zero-order valence-corrected chi connectivity index (χ0v) is 11.6. The first-order valence-corrected chi connectivity index (χ1v) is 6.44. The van der Waals surface area contributed by atoms with E-state index in [4.69, 9.17) is 20.4 Å². The molecule has 22 heavy (non-hydrogen) atoms. The lowest BCUT2D eigenvalue weighted by molar-refractivity contribution is 0.0791. The second kappa shape index (κ2) is 9.00. The van der Waals surface area contributed by atoms with Gasteiger partial charge in [-0.2, -0.15) is 0 Å². The second-order valence-electron chi connectivity index (χ2n) is 4.38. The van der Waals surface area contributed by atoms with Gasteiger partial charge in [-0.15, -0.1) is 0 Å². The predicted molar refractivity (Wildman–Crippen MR) is 72.9 cm³/mol. The number of amides is 2. The Kier molecular flexibility index (Phi) is 7.32. The van der Waals surface area contributed by atoms with Crippen LogP contribution < -0.4 is 10.6 Å². The van der Waals surface area contributed by atoms with Gasteiger partial charge in [-0.3, -0.25) is 9.59 Å². The van der Waals surface area contributed by atoms with Gasteiger partial charge in [0.1, 0.15) is 11.4 Å². The van der Waals surface area contributed by atoms with Crippen LogP contribution in [0.5, 0.6) is 0 Å². The minimum absolute atomic E-state index is 0.0583. The van der Waals surface area contributed by atoms with Crippen LogP contribution >= 0.6 is 0 Å². The predicted octanol–water partition coefficient (Wildman–Crippen LogP) is -3.36. The Morgan fingerprint density at radius 2 is 1.27 bits per heavy atom. The van der Waals surface area contributed by atoms with Gasteiger partial charge in [0.15, 0.2) is 0 Å². The molecule has 2 amide bonds. The maximum atomic E-state index is 11.6. The topological polar surface area (TPSA) is 165 Å². The lowest BCUT2D eigenvalue weighted by atomic mass is 10.3. The molecule has 0 aromatic carbocycles. The van der Waals surface area contributed by atoms with E-state index >= 15 is 0 Å². The third-order valence-corrected chi connectivity index (χ3v) is 2.54. The molecule has 0 aliphatic carbocycles. The first kappa shape index (κ1) is 17.9. The van der Waals surface area contributed by atoms with Crippen LogP contribution in [0.2, 0.25) is 0 Å². The molecular weight excluding hydrogens is 296 g/mol. The molecule has 0 aliphatic heterocycles. The fourth-order valence-electron chi connectivity index (χ4n) is 1.29. The molecule has 6 N–H and O–H groups in total. The van der Waals surface area contributed by atoms with E-state index in [0.29, 0.717) is 0 Å². The highest BCUT2D eigenvalue weighted by atomic mass is 16.3. The second-order valence-corrected chi connectivity index (χ2v) is 4.38. The lowest BCUT2D eigenvalue weighted by Crippen LogP contribution is -2.35. The average molecular weight is 314 g/mol. The van der Waals surface area contributed by atoms with Gasteiger partial charge < -0.3 is 31.1 Å². The van der Waals surface area contributed by atoms with Crippen LogP contribution in [0.1, 0.15) is 21.0 Å². The van der Waals surface area contributed by atoms with Gasteiger partial charge in [0.2, 0.25) is 0 Å². The average Bonchev–Trinajstić information content (AvgIpc) is 2.56. The maximum absolute atomic E-state index is 11.6. The van der Waals surface area contributed by atoms with Crippen molar-refractivity contribution in [3.05, 3.63) is 23.8 Å². The largest absolute Gasteiger partial charge is 0.394 e. The normalized spacial score (nSPS) is 13.3. The summed E-state index contributed by atoms with van der Waals surface area (Å²) in [5, 5.41) is 40.1. The Labute approximate surface area is 125 Å². The molecule has 1 aromatic heterocycles. The molecule has 2 atom stereocenters. The highest BCUT2D eigenvalue weighted by molar-refractivity contribution is 5.94. The molecule has 2 unspecified atom stereocenters. The molecule has 122 valence electrons. The molecule has 0 radical (unpaired) electrons. The van der Waals surface area contributed by atoms with Gasteiger partial charge in [0, 0.05) is 13.1 Å². The van der Waals surface area contributed by atoms with Crippen molar-refractivity contribution in [3.63, 3.8) is 0 Å². The summed E-state index contributed by atoms with van der Waals surface area (Å²) in [5.41, 5.74) is -0.117. The van der Waals surface area contributed by atoms with Crippen LogP contribution in [-0.2, 0) is 0 Å². The van der Waals surface area contributed by atoms with Gasteiger partial charge >= 0.3 is 0 Å². The quantitative estimate of drug-likeness (QED) is 0.289. The molecule has 10 nitrogen and oxygen atoms in total. The van der Waals surface area contributed by atoms with E-state index in [1.54, 1.807) is 0 Å².